The second kappa shape index (κ2) is 5.71. The molecular formula is C13H14N2O3S. The van der Waals surface area contributed by atoms with Crippen molar-refractivity contribution in [3.63, 3.8) is 0 Å². The van der Waals surface area contributed by atoms with Gasteiger partial charge in [-0.05, 0) is 24.6 Å². The van der Waals surface area contributed by atoms with Crippen molar-refractivity contribution in [2.45, 2.75) is 6.92 Å². The standard InChI is InChI=1S/C13H14N2O3S/c1-8-6-11(18-3)9(7-10(8)17-2)12(16)15-13-14-4-5-19-13/h4-7H,1-3H3,(H,14,15,16). The first kappa shape index (κ1) is 13.4. The summed E-state index contributed by atoms with van der Waals surface area (Å²) in [6.45, 7) is 1.89. The zero-order chi connectivity index (χ0) is 13.8. The SMILES string of the molecule is COc1cc(C(=O)Nc2nccs2)c(OC)cc1C. The van der Waals surface area contributed by atoms with Crippen molar-refractivity contribution < 1.29 is 14.3 Å². The Hall–Kier alpha value is -2.08. The maximum absolute atomic E-state index is 12.2. The number of hydrogen-bond acceptors (Lipinski definition) is 5. The molecule has 6 heteroatoms. The summed E-state index contributed by atoms with van der Waals surface area (Å²) < 4.78 is 10.5. The number of aryl methyl sites for hydroxylation is 1. The van der Waals surface area contributed by atoms with Gasteiger partial charge in [-0.15, -0.1) is 11.3 Å². The number of carbonyl (C=O) groups excluding carboxylic acids is 1. The molecule has 1 N–H and O–H groups in total. The highest BCUT2D eigenvalue weighted by Gasteiger charge is 2.16. The highest BCUT2D eigenvalue weighted by molar-refractivity contribution is 7.13. The van der Waals surface area contributed by atoms with Crippen LogP contribution in [0, 0.1) is 6.92 Å². The van der Waals surface area contributed by atoms with Crippen molar-refractivity contribution in [1.29, 1.82) is 0 Å². The molecule has 1 heterocycles. The number of ether oxygens (including phenoxy) is 2. The molecule has 0 aliphatic carbocycles. The van der Waals surface area contributed by atoms with E-state index in [0.29, 0.717) is 22.2 Å². The minimum absolute atomic E-state index is 0.273. The first-order valence-electron chi connectivity index (χ1n) is 5.59. The van der Waals surface area contributed by atoms with E-state index < -0.39 is 0 Å². The summed E-state index contributed by atoms with van der Waals surface area (Å²) in [5.41, 5.74) is 1.32. The summed E-state index contributed by atoms with van der Waals surface area (Å²) in [7, 11) is 3.10. The molecule has 0 atom stereocenters. The third-order valence-electron chi connectivity index (χ3n) is 2.61. The van der Waals surface area contributed by atoms with Crippen LogP contribution in [0.5, 0.6) is 11.5 Å². The molecule has 1 aromatic carbocycles. The van der Waals surface area contributed by atoms with E-state index in [1.165, 1.54) is 18.4 Å². The van der Waals surface area contributed by atoms with Crippen LogP contribution >= 0.6 is 11.3 Å². The number of nitrogens with zero attached hydrogens (tertiary/aromatic N) is 1. The Morgan fingerprint density at radius 2 is 2.00 bits per heavy atom. The molecular weight excluding hydrogens is 264 g/mol. The van der Waals surface area contributed by atoms with E-state index in [-0.39, 0.29) is 5.91 Å². The molecule has 0 bridgehead atoms. The number of nitrogens with one attached hydrogen (secondary N) is 1. The maximum atomic E-state index is 12.2. The molecule has 0 spiro atoms. The molecule has 0 aliphatic heterocycles. The molecule has 0 aliphatic rings. The molecule has 0 unspecified atom stereocenters. The molecule has 1 aromatic heterocycles. The summed E-state index contributed by atoms with van der Waals surface area (Å²) >= 11 is 1.36. The van der Waals surface area contributed by atoms with Crippen LogP contribution in [0.1, 0.15) is 15.9 Å². The summed E-state index contributed by atoms with van der Waals surface area (Å²) in [6.07, 6.45) is 1.63. The predicted octanol–water partition coefficient (Wildman–Crippen LogP) is 2.72. The topological polar surface area (TPSA) is 60.5 Å². The number of benzene rings is 1. The number of thiazole rings is 1. The monoisotopic (exact) mass is 278 g/mol. The van der Waals surface area contributed by atoms with Crippen LogP contribution in [0.25, 0.3) is 0 Å². The van der Waals surface area contributed by atoms with E-state index in [4.69, 9.17) is 9.47 Å². The third kappa shape index (κ3) is 2.85. The van der Waals surface area contributed by atoms with Crippen LogP contribution in [0.2, 0.25) is 0 Å². The van der Waals surface area contributed by atoms with Crippen LogP contribution in [0.3, 0.4) is 0 Å². The summed E-state index contributed by atoms with van der Waals surface area (Å²) in [4.78, 5) is 16.2. The number of methoxy groups -OCH3 is 2. The molecule has 1 amide bonds. The van der Waals surface area contributed by atoms with Gasteiger partial charge in [0.1, 0.15) is 11.5 Å². The lowest BCUT2D eigenvalue weighted by Crippen LogP contribution is -2.13. The molecule has 19 heavy (non-hydrogen) atoms. The van der Waals surface area contributed by atoms with Gasteiger partial charge < -0.3 is 9.47 Å². The lowest BCUT2D eigenvalue weighted by Gasteiger charge is -2.12. The van der Waals surface area contributed by atoms with Gasteiger partial charge in [0.15, 0.2) is 5.13 Å². The Labute approximate surface area is 115 Å². The highest BCUT2D eigenvalue weighted by atomic mass is 32.1. The number of anilines is 1. The van der Waals surface area contributed by atoms with Gasteiger partial charge in [0, 0.05) is 11.6 Å². The van der Waals surface area contributed by atoms with E-state index in [0.717, 1.165) is 5.56 Å². The van der Waals surface area contributed by atoms with Crippen molar-refractivity contribution >= 4 is 22.4 Å². The molecule has 100 valence electrons. The highest BCUT2D eigenvalue weighted by Crippen LogP contribution is 2.29. The molecule has 0 saturated heterocycles. The molecule has 0 saturated carbocycles. The van der Waals surface area contributed by atoms with Crippen LogP contribution in [0.15, 0.2) is 23.7 Å². The van der Waals surface area contributed by atoms with Gasteiger partial charge in [0.05, 0.1) is 19.8 Å². The summed E-state index contributed by atoms with van der Waals surface area (Å²) in [5, 5.41) is 5.06. The zero-order valence-electron chi connectivity index (χ0n) is 10.9. The van der Waals surface area contributed by atoms with E-state index >= 15 is 0 Å². The Morgan fingerprint density at radius 3 is 2.58 bits per heavy atom. The van der Waals surface area contributed by atoms with Gasteiger partial charge in [-0.25, -0.2) is 4.98 Å². The largest absolute Gasteiger partial charge is 0.496 e. The van der Waals surface area contributed by atoms with Gasteiger partial charge >= 0.3 is 0 Å². The molecule has 5 nitrogen and oxygen atoms in total. The average molecular weight is 278 g/mol. The minimum Gasteiger partial charge on any atom is -0.496 e. The maximum Gasteiger partial charge on any atom is 0.261 e. The van der Waals surface area contributed by atoms with Gasteiger partial charge in [0.25, 0.3) is 5.91 Å². The smallest absolute Gasteiger partial charge is 0.261 e. The number of amides is 1. The second-order valence-corrected chi connectivity index (χ2v) is 4.71. The quantitative estimate of drug-likeness (QED) is 0.934. The van der Waals surface area contributed by atoms with Crippen molar-refractivity contribution in [2.75, 3.05) is 19.5 Å². The van der Waals surface area contributed by atoms with E-state index in [9.17, 15) is 4.79 Å². The van der Waals surface area contributed by atoms with E-state index in [1.54, 1.807) is 30.8 Å². The third-order valence-corrected chi connectivity index (χ3v) is 3.30. The first-order chi connectivity index (χ1) is 9.15. The average Bonchev–Trinajstić information content (AvgIpc) is 2.91. The summed E-state index contributed by atoms with van der Waals surface area (Å²) in [6, 6.07) is 3.44. The zero-order valence-corrected chi connectivity index (χ0v) is 11.7. The van der Waals surface area contributed by atoms with Crippen molar-refractivity contribution in [3.05, 3.63) is 34.8 Å². The first-order valence-corrected chi connectivity index (χ1v) is 6.47. The van der Waals surface area contributed by atoms with Crippen LogP contribution in [-0.4, -0.2) is 25.1 Å². The van der Waals surface area contributed by atoms with Crippen LogP contribution in [0.4, 0.5) is 5.13 Å². The van der Waals surface area contributed by atoms with Crippen LogP contribution < -0.4 is 14.8 Å². The lowest BCUT2D eigenvalue weighted by atomic mass is 10.1. The Morgan fingerprint density at radius 1 is 1.26 bits per heavy atom. The normalized spacial score (nSPS) is 10.1. The number of aromatic nitrogens is 1. The Balaban J connectivity index is 2.34. The van der Waals surface area contributed by atoms with Crippen molar-refractivity contribution in [3.8, 4) is 11.5 Å². The molecule has 2 aromatic rings. The summed E-state index contributed by atoms with van der Waals surface area (Å²) in [5.74, 6) is 0.877. The van der Waals surface area contributed by atoms with Gasteiger partial charge in [0.2, 0.25) is 0 Å². The van der Waals surface area contributed by atoms with E-state index in [2.05, 4.69) is 10.3 Å². The molecule has 0 radical (unpaired) electrons. The number of hydrogen-bond donors (Lipinski definition) is 1. The fourth-order valence-electron chi connectivity index (χ4n) is 1.68. The fraction of sp³-hybridized carbons (Fsp3) is 0.231. The van der Waals surface area contributed by atoms with Crippen molar-refractivity contribution in [1.82, 2.24) is 4.98 Å². The number of carbonyl (C=O) groups is 1. The van der Waals surface area contributed by atoms with Crippen molar-refractivity contribution in [2.24, 2.45) is 0 Å². The molecule has 2 rings (SSSR count). The Kier molecular flexibility index (Phi) is 4.01. The lowest BCUT2D eigenvalue weighted by molar-refractivity contribution is 0.102. The minimum atomic E-state index is -0.273. The number of rotatable bonds is 4. The van der Waals surface area contributed by atoms with Gasteiger partial charge in [-0.3, -0.25) is 10.1 Å². The van der Waals surface area contributed by atoms with Crippen LogP contribution in [-0.2, 0) is 0 Å². The van der Waals surface area contributed by atoms with E-state index in [1.807, 2.05) is 6.92 Å². The fourth-order valence-corrected chi connectivity index (χ4v) is 2.20. The van der Waals surface area contributed by atoms with Gasteiger partial charge in [-0.1, -0.05) is 0 Å². The molecule has 0 fully saturated rings. The second-order valence-electron chi connectivity index (χ2n) is 3.81. The van der Waals surface area contributed by atoms with Gasteiger partial charge in [-0.2, -0.15) is 0 Å². The predicted molar refractivity (Wildman–Crippen MR) is 74.4 cm³/mol. The Bertz CT molecular complexity index is 582.